The minimum atomic E-state index is -4.67. The highest BCUT2D eigenvalue weighted by atomic mass is 19.4. The van der Waals surface area contributed by atoms with E-state index in [-0.39, 0.29) is 11.2 Å². The van der Waals surface area contributed by atoms with E-state index in [1.165, 1.54) is 12.1 Å². The second-order valence-electron chi connectivity index (χ2n) is 5.91. The van der Waals surface area contributed by atoms with Gasteiger partial charge in [-0.15, -0.1) is 13.2 Å². The Hall–Kier alpha value is -1.97. The van der Waals surface area contributed by atoms with Crippen molar-refractivity contribution in [2.75, 3.05) is 0 Å². The lowest BCUT2D eigenvalue weighted by Gasteiger charge is -2.20. The first-order chi connectivity index (χ1) is 9.65. The van der Waals surface area contributed by atoms with Crippen LogP contribution in [0.5, 0.6) is 5.75 Å². The summed E-state index contributed by atoms with van der Waals surface area (Å²) in [5.74, 6) is -0.207. The molecule has 0 bridgehead atoms. The van der Waals surface area contributed by atoms with Crippen molar-refractivity contribution < 1.29 is 17.9 Å². The quantitative estimate of drug-likeness (QED) is 0.705. The van der Waals surface area contributed by atoms with Crippen LogP contribution in [0.3, 0.4) is 0 Å². The van der Waals surface area contributed by atoms with E-state index in [1.807, 2.05) is 24.3 Å². The summed E-state index contributed by atoms with van der Waals surface area (Å²) >= 11 is 0. The molecule has 0 heterocycles. The Balaban J connectivity index is 2.37. The van der Waals surface area contributed by atoms with Crippen LogP contribution in [-0.4, -0.2) is 6.36 Å². The van der Waals surface area contributed by atoms with Crippen molar-refractivity contribution in [2.45, 2.75) is 32.5 Å². The summed E-state index contributed by atoms with van der Waals surface area (Å²) < 4.78 is 40.8. The van der Waals surface area contributed by atoms with Gasteiger partial charge in [0, 0.05) is 0 Å². The van der Waals surface area contributed by atoms with E-state index < -0.39 is 6.36 Å². The lowest BCUT2D eigenvalue weighted by Crippen LogP contribution is -2.17. The number of benzene rings is 2. The summed E-state index contributed by atoms with van der Waals surface area (Å²) in [6.45, 7) is 6.28. The molecule has 0 N–H and O–H groups in total. The molecule has 0 saturated carbocycles. The molecule has 0 aliphatic carbocycles. The van der Waals surface area contributed by atoms with Crippen molar-refractivity contribution in [2.24, 2.45) is 0 Å². The molecule has 0 aliphatic rings. The SMILES string of the molecule is CC(C)(C)c1cccc(-c2cccc(OC(F)(F)F)c2)c1. The van der Waals surface area contributed by atoms with Crippen molar-refractivity contribution in [1.29, 1.82) is 0 Å². The fourth-order valence-corrected chi connectivity index (χ4v) is 2.04. The lowest BCUT2D eigenvalue weighted by atomic mass is 9.85. The van der Waals surface area contributed by atoms with Crippen LogP contribution in [0.15, 0.2) is 48.5 Å². The third-order valence-electron chi connectivity index (χ3n) is 3.13. The normalized spacial score (nSPS) is 12.3. The Morgan fingerprint density at radius 2 is 1.38 bits per heavy atom. The maximum absolute atomic E-state index is 12.3. The minimum Gasteiger partial charge on any atom is -0.406 e. The number of rotatable bonds is 2. The van der Waals surface area contributed by atoms with Crippen LogP contribution in [0.2, 0.25) is 0 Å². The summed E-state index contributed by atoms with van der Waals surface area (Å²) in [5.41, 5.74) is 2.68. The van der Waals surface area contributed by atoms with Gasteiger partial charge in [-0.2, -0.15) is 0 Å². The molecular weight excluding hydrogens is 277 g/mol. The van der Waals surface area contributed by atoms with Gasteiger partial charge in [0.1, 0.15) is 5.75 Å². The average Bonchev–Trinajstić information content (AvgIpc) is 2.36. The van der Waals surface area contributed by atoms with Crippen LogP contribution < -0.4 is 4.74 Å². The molecule has 2 aromatic carbocycles. The lowest BCUT2D eigenvalue weighted by molar-refractivity contribution is -0.274. The van der Waals surface area contributed by atoms with Gasteiger partial charge in [0.2, 0.25) is 0 Å². The van der Waals surface area contributed by atoms with Crippen molar-refractivity contribution in [3.05, 3.63) is 54.1 Å². The second-order valence-corrected chi connectivity index (χ2v) is 5.91. The fourth-order valence-electron chi connectivity index (χ4n) is 2.04. The van der Waals surface area contributed by atoms with Crippen molar-refractivity contribution in [1.82, 2.24) is 0 Å². The number of alkyl halides is 3. The average molecular weight is 294 g/mol. The number of hydrogen-bond acceptors (Lipinski definition) is 1. The molecular formula is C17H17F3O. The summed E-state index contributed by atoms with van der Waals surface area (Å²) in [5, 5.41) is 0. The topological polar surface area (TPSA) is 9.23 Å². The molecule has 21 heavy (non-hydrogen) atoms. The zero-order chi connectivity index (χ0) is 15.7. The highest BCUT2D eigenvalue weighted by molar-refractivity contribution is 5.66. The molecule has 2 aromatic rings. The third-order valence-corrected chi connectivity index (χ3v) is 3.13. The van der Waals surface area contributed by atoms with Gasteiger partial charge in [0.05, 0.1) is 0 Å². The zero-order valence-electron chi connectivity index (χ0n) is 12.2. The third kappa shape index (κ3) is 4.25. The Morgan fingerprint density at radius 3 is 1.95 bits per heavy atom. The van der Waals surface area contributed by atoms with E-state index in [4.69, 9.17) is 0 Å². The van der Waals surface area contributed by atoms with E-state index in [1.54, 1.807) is 12.1 Å². The molecule has 0 fully saturated rings. The highest BCUT2D eigenvalue weighted by Crippen LogP contribution is 2.30. The highest BCUT2D eigenvalue weighted by Gasteiger charge is 2.31. The number of ether oxygens (including phenoxy) is 1. The minimum absolute atomic E-state index is 0.0178. The van der Waals surface area contributed by atoms with Gasteiger partial charge in [0.15, 0.2) is 0 Å². The van der Waals surface area contributed by atoms with Gasteiger partial charge in [-0.3, -0.25) is 0 Å². The van der Waals surface area contributed by atoms with E-state index in [0.717, 1.165) is 11.1 Å². The number of halogens is 3. The van der Waals surface area contributed by atoms with Crippen LogP contribution >= 0.6 is 0 Å². The smallest absolute Gasteiger partial charge is 0.406 e. The number of hydrogen-bond donors (Lipinski definition) is 0. The summed E-state index contributed by atoms with van der Waals surface area (Å²) in [7, 11) is 0. The maximum atomic E-state index is 12.3. The molecule has 0 saturated heterocycles. The first-order valence-electron chi connectivity index (χ1n) is 6.62. The summed E-state index contributed by atoms with van der Waals surface area (Å²) in [4.78, 5) is 0. The van der Waals surface area contributed by atoms with Crippen LogP contribution in [0.1, 0.15) is 26.3 Å². The molecule has 0 aromatic heterocycles. The first kappa shape index (κ1) is 15.4. The molecule has 0 spiro atoms. The van der Waals surface area contributed by atoms with Gasteiger partial charge < -0.3 is 4.74 Å². The molecule has 4 heteroatoms. The molecule has 0 unspecified atom stereocenters. The Morgan fingerprint density at radius 1 is 0.810 bits per heavy atom. The van der Waals surface area contributed by atoms with Gasteiger partial charge >= 0.3 is 6.36 Å². The van der Waals surface area contributed by atoms with Crippen molar-refractivity contribution in [3.63, 3.8) is 0 Å². The van der Waals surface area contributed by atoms with Gasteiger partial charge in [0.25, 0.3) is 0 Å². The summed E-state index contributed by atoms with van der Waals surface area (Å²) in [6.07, 6.45) is -4.67. The maximum Gasteiger partial charge on any atom is 0.573 e. The predicted octanol–water partition coefficient (Wildman–Crippen LogP) is 5.55. The predicted molar refractivity (Wildman–Crippen MR) is 77.3 cm³/mol. The van der Waals surface area contributed by atoms with Crippen molar-refractivity contribution >= 4 is 0 Å². The molecule has 0 aliphatic heterocycles. The van der Waals surface area contributed by atoms with Gasteiger partial charge in [-0.1, -0.05) is 57.2 Å². The van der Waals surface area contributed by atoms with E-state index >= 15 is 0 Å². The Bertz CT molecular complexity index is 624. The second kappa shape index (κ2) is 5.43. The Labute approximate surface area is 122 Å². The molecule has 0 amide bonds. The molecule has 0 radical (unpaired) electrons. The largest absolute Gasteiger partial charge is 0.573 e. The van der Waals surface area contributed by atoms with Crippen LogP contribution in [0, 0.1) is 0 Å². The van der Waals surface area contributed by atoms with Crippen LogP contribution in [0.25, 0.3) is 11.1 Å². The first-order valence-corrected chi connectivity index (χ1v) is 6.62. The standard InChI is InChI=1S/C17H17F3O/c1-16(2,3)14-8-4-6-12(10-14)13-7-5-9-15(11-13)21-17(18,19)20/h4-11H,1-3H3. The van der Waals surface area contributed by atoms with Crippen molar-refractivity contribution in [3.8, 4) is 16.9 Å². The molecule has 1 nitrogen and oxygen atoms in total. The zero-order valence-corrected chi connectivity index (χ0v) is 12.2. The van der Waals surface area contributed by atoms with E-state index in [0.29, 0.717) is 5.56 Å². The molecule has 2 rings (SSSR count). The molecule has 112 valence electrons. The molecule has 0 atom stereocenters. The Kier molecular flexibility index (Phi) is 3.99. The van der Waals surface area contributed by atoms with Gasteiger partial charge in [-0.05, 0) is 34.2 Å². The van der Waals surface area contributed by atoms with Gasteiger partial charge in [-0.25, -0.2) is 0 Å². The van der Waals surface area contributed by atoms with Crippen LogP contribution in [-0.2, 0) is 5.41 Å². The summed E-state index contributed by atoms with van der Waals surface area (Å²) in [6, 6.07) is 13.8. The monoisotopic (exact) mass is 294 g/mol. The van der Waals surface area contributed by atoms with E-state index in [2.05, 4.69) is 25.5 Å². The van der Waals surface area contributed by atoms with E-state index in [9.17, 15) is 13.2 Å². The fraction of sp³-hybridized carbons (Fsp3) is 0.294. The van der Waals surface area contributed by atoms with Crippen LogP contribution in [0.4, 0.5) is 13.2 Å².